The Kier molecular flexibility index (Phi) is 6.74. The highest BCUT2D eigenvalue weighted by atomic mass is 16.5. The molecule has 1 aromatic rings. The van der Waals surface area contributed by atoms with Gasteiger partial charge in [0.2, 0.25) is 0 Å². The molecule has 8 heteroatoms. The van der Waals surface area contributed by atoms with E-state index >= 15 is 0 Å². The summed E-state index contributed by atoms with van der Waals surface area (Å²) < 4.78 is 10.0. The number of nitrogens with zero attached hydrogens (tertiary/aromatic N) is 1. The number of aryl methyl sites for hydroxylation is 2. The maximum atomic E-state index is 11.8. The predicted octanol–water partition coefficient (Wildman–Crippen LogP) is 1.39. The summed E-state index contributed by atoms with van der Waals surface area (Å²) in [7, 11) is 0. The first-order valence-electron chi connectivity index (χ1n) is 7.43. The molecule has 0 saturated heterocycles. The lowest BCUT2D eigenvalue weighted by Gasteiger charge is -2.14. The second-order valence-corrected chi connectivity index (χ2v) is 5.55. The van der Waals surface area contributed by atoms with Gasteiger partial charge in [0.15, 0.2) is 6.10 Å². The van der Waals surface area contributed by atoms with Crippen LogP contribution in [0.3, 0.4) is 0 Å². The Balaban J connectivity index is 2.41. The molecule has 0 saturated carbocycles. The lowest BCUT2D eigenvalue weighted by molar-refractivity contribution is -0.154. The van der Waals surface area contributed by atoms with E-state index in [4.69, 9.17) is 9.26 Å². The van der Waals surface area contributed by atoms with Crippen molar-refractivity contribution in [2.75, 3.05) is 0 Å². The van der Waals surface area contributed by atoms with Crippen LogP contribution in [-0.4, -0.2) is 35.2 Å². The van der Waals surface area contributed by atoms with Crippen molar-refractivity contribution in [3.05, 3.63) is 17.0 Å². The molecule has 0 fully saturated rings. The molecule has 1 heterocycles. The summed E-state index contributed by atoms with van der Waals surface area (Å²) in [6.45, 7) is 8.50. The van der Waals surface area contributed by atoms with E-state index in [1.54, 1.807) is 27.7 Å². The SMILES string of the molecule is Cc1noc(C)c1CCC(=O)O[C@@H](C)C(=O)NC(=O)NC(C)C. The van der Waals surface area contributed by atoms with Crippen molar-refractivity contribution in [1.82, 2.24) is 15.8 Å². The van der Waals surface area contributed by atoms with Crippen LogP contribution in [0.1, 0.15) is 44.2 Å². The fourth-order valence-corrected chi connectivity index (χ4v) is 1.91. The largest absolute Gasteiger partial charge is 0.453 e. The molecule has 1 aromatic heterocycles. The summed E-state index contributed by atoms with van der Waals surface area (Å²) in [6.07, 6.45) is -0.536. The van der Waals surface area contributed by atoms with E-state index in [1.165, 1.54) is 6.92 Å². The van der Waals surface area contributed by atoms with Crippen molar-refractivity contribution in [1.29, 1.82) is 0 Å². The lowest BCUT2D eigenvalue weighted by atomic mass is 10.1. The van der Waals surface area contributed by atoms with Crippen LogP contribution in [0, 0.1) is 13.8 Å². The second-order valence-electron chi connectivity index (χ2n) is 5.55. The van der Waals surface area contributed by atoms with Gasteiger partial charge in [-0.25, -0.2) is 4.79 Å². The Hall–Kier alpha value is -2.38. The molecule has 3 amide bonds. The van der Waals surface area contributed by atoms with E-state index in [1.807, 2.05) is 0 Å². The van der Waals surface area contributed by atoms with Gasteiger partial charge in [0, 0.05) is 18.0 Å². The molecule has 2 N–H and O–H groups in total. The quantitative estimate of drug-likeness (QED) is 0.765. The smallest absolute Gasteiger partial charge is 0.321 e. The zero-order valence-electron chi connectivity index (χ0n) is 14.1. The molecule has 0 aromatic carbocycles. The molecular formula is C15H23N3O5. The molecule has 0 bridgehead atoms. The van der Waals surface area contributed by atoms with Crippen LogP contribution in [0.4, 0.5) is 4.79 Å². The van der Waals surface area contributed by atoms with Crippen LogP contribution in [0.25, 0.3) is 0 Å². The van der Waals surface area contributed by atoms with Crippen molar-refractivity contribution in [2.24, 2.45) is 0 Å². The number of amides is 3. The van der Waals surface area contributed by atoms with Crippen LogP contribution >= 0.6 is 0 Å². The maximum Gasteiger partial charge on any atom is 0.321 e. The highest BCUT2D eigenvalue weighted by Crippen LogP contribution is 2.14. The third-order valence-corrected chi connectivity index (χ3v) is 3.09. The monoisotopic (exact) mass is 325 g/mol. The topological polar surface area (TPSA) is 111 Å². The maximum absolute atomic E-state index is 11.8. The molecule has 1 rings (SSSR count). The first-order chi connectivity index (χ1) is 10.7. The zero-order valence-corrected chi connectivity index (χ0v) is 14.1. The van der Waals surface area contributed by atoms with Gasteiger partial charge in [-0.1, -0.05) is 5.16 Å². The van der Waals surface area contributed by atoms with Crippen LogP contribution in [0.5, 0.6) is 0 Å². The van der Waals surface area contributed by atoms with Gasteiger partial charge in [-0.15, -0.1) is 0 Å². The van der Waals surface area contributed by atoms with Gasteiger partial charge in [0.1, 0.15) is 5.76 Å². The number of imide groups is 1. The standard InChI is InChI=1S/C15H23N3O5/c1-8(2)16-15(21)17-14(20)11(5)22-13(19)7-6-12-9(3)18-23-10(12)4/h8,11H,6-7H2,1-5H3,(H2,16,17,20,21)/t11-/m0/s1. The van der Waals surface area contributed by atoms with E-state index in [9.17, 15) is 14.4 Å². The molecule has 0 aliphatic rings. The first-order valence-corrected chi connectivity index (χ1v) is 7.43. The van der Waals surface area contributed by atoms with Gasteiger partial charge in [-0.3, -0.25) is 14.9 Å². The van der Waals surface area contributed by atoms with Crippen LogP contribution in [0.2, 0.25) is 0 Å². The normalized spacial score (nSPS) is 11.9. The molecule has 0 unspecified atom stereocenters. The highest BCUT2D eigenvalue weighted by molar-refractivity contribution is 5.97. The summed E-state index contributed by atoms with van der Waals surface area (Å²) in [5.74, 6) is -0.544. The second kappa shape index (κ2) is 8.30. The average Bonchev–Trinajstić information content (AvgIpc) is 2.74. The van der Waals surface area contributed by atoms with Gasteiger partial charge in [0.25, 0.3) is 5.91 Å². The molecule has 0 radical (unpaired) electrons. The van der Waals surface area contributed by atoms with Gasteiger partial charge in [-0.05, 0) is 41.0 Å². The zero-order chi connectivity index (χ0) is 17.6. The van der Waals surface area contributed by atoms with E-state index in [0.717, 1.165) is 11.3 Å². The van der Waals surface area contributed by atoms with E-state index < -0.39 is 24.0 Å². The number of carbonyl (C=O) groups is 3. The number of hydrogen-bond donors (Lipinski definition) is 2. The fourth-order valence-electron chi connectivity index (χ4n) is 1.91. The van der Waals surface area contributed by atoms with Gasteiger partial charge >= 0.3 is 12.0 Å². The van der Waals surface area contributed by atoms with Gasteiger partial charge in [-0.2, -0.15) is 0 Å². The summed E-state index contributed by atoms with van der Waals surface area (Å²) in [5.41, 5.74) is 1.59. The number of carbonyl (C=O) groups excluding carboxylic acids is 3. The third kappa shape index (κ3) is 6.09. The summed E-state index contributed by atoms with van der Waals surface area (Å²) in [5, 5.41) is 8.43. The predicted molar refractivity (Wildman–Crippen MR) is 81.7 cm³/mol. The Labute approximate surface area is 134 Å². The molecule has 8 nitrogen and oxygen atoms in total. The average molecular weight is 325 g/mol. The Morgan fingerprint density at radius 1 is 1.22 bits per heavy atom. The molecule has 0 aliphatic carbocycles. The minimum atomic E-state index is -1.05. The van der Waals surface area contributed by atoms with Crippen molar-refractivity contribution < 1.29 is 23.6 Å². The number of nitrogens with one attached hydrogen (secondary N) is 2. The Morgan fingerprint density at radius 2 is 1.87 bits per heavy atom. The number of ether oxygens (including phenoxy) is 1. The van der Waals surface area contributed by atoms with Crippen LogP contribution in [0.15, 0.2) is 4.52 Å². The van der Waals surface area contributed by atoms with Crippen molar-refractivity contribution in [2.45, 2.75) is 59.6 Å². The lowest BCUT2D eigenvalue weighted by Crippen LogP contribution is -2.46. The van der Waals surface area contributed by atoms with Crippen LogP contribution in [-0.2, 0) is 20.7 Å². The molecule has 128 valence electrons. The Morgan fingerprint density at radius 3 is 2.39 bits per heavy atom. The van der Waals surface area contributed by atoms with Crippen molar-refractivity contribution in [3.8, 4) is 0 Å². The number of hydrogen-bond acceptors (Lipinski definition) is 6. The first kappa shape index (κ1) is 18.7. The van der Waals surface area contributed by atoms with Gasteiger partial charge in [0.05, 0.1) is 5.69 Å². The van der Waals surface area contributed by atoms with Crippen molar-refractivity contribution in [3.63, 3.8) is 0 Å². The van der Waals surface area contributed by atoms with Crippen LogP contribution < -0.4 is 10.6 Å². The minimum Gasteiger partial charge on any atom is -0.453 e. The molecule has 0 aliphatic heterocycles. The minimum absolute atomic E-state index is 0.0959. The molecule has 0 spiro atoms. The van der Waals surface area contributed by atoms with E-state index in [0.29, 0.717) is 12.2 Å². The number of aromatic nitrogens is 1. The third-order valence-electron chi connectivity index (χ3n) is 3.09. The molecule has 23 heavy (non-hydrogen) atoms. The summed E-state index contributed by atoms with van der Waals surface area (Å²) in [6, 6.07) is -0.723. The summed E-state index contributed by atoms with van der Waals surface area (Å²) >= 11 is 0. The summed E-state index contributed by atoms with van der Waals surface area (Å²) in [4.78, 5) is 34.9. The van der Waals surface area contributed by atoms with Crippen molar-refractivity contribution >= 4 is 17.9 Å². The fraction of sp³-hybridized carbons (Fsp3) is 0.600. The molecular weight excluding hydrogens is 302 g/mol. The molecule has 1 atom stereocenters. The number of esters is 1. The van der Waals surface area contributed by atoms with Gasteiger partial charge < -0.3 is 14.6 Å². The number of urea groups is 1. The number of rotatable bonds is 6. The van der Waals surface area contributed by atoms with E-state index in [2.05, 4.69) is 15.8 Å². The van der Waals surface area contributed by atoms with E-state index in [-0.39, 0.29) is 12.5 Å². The highest BCUT2D eigenvalue weighted by Gasteiger charge is 2.20. The Bertz CT molecular complexity index is 560.